The summed E-state index contributed by atoms with van der Waals surface area (Å²) in [6.07, 6.45) is 10.3. The number of para-hydroxylation sites is 1. The molecule has 2 rings (SSSR count). The van der Waals surface area contributed by atoms with Gasteiger partial charge < -0.3 is 14.8 Å². The van der Waals surface area contributed by atoms with Gasteiger partial charge in [-0.25, -0.2) is 0 Å². The number of hydrogen-bond acceptors (Lipinski definition) is 4. The Bertz CT molecular complexity index is 744. The quantitative estimate of drug-likeness (QED) is 0.262. The minimum Gasteiger partial charge on any atom is -0.385 e. The Morgan fingerprint density at radius 3 is 2.55 bits per heavy atom. The monoisotopic (exact) mass is 412 g/mol. The van der Waals surface area contributed by atoms with Crippen LogP contribution in [0.4, 0.5) is 11.4 Å². The highest BCUT2D eigenvalue weighted by Gasteiger charge is 2.23. The second-order valence-corrected chi connectivity index (χ2v) is 8.92. The summed E-state index contributed by atoms with van der Waals surface area (Å²) in [5.41, 5.74) is 3.68. The predicted octanol–water partition coefficient (Wildman–Crippen LogP) is 7.63. The first-order chi connectivity index (χ1) is 14.1. The van der Waals surface area contributed by atoms with Crippen LogP contribution >= 0.6 is 12.0 Å². The van der Waals surface area contributed by atoms with Gasteiger partial charge in [-0.15, -0.1) is 0 Å². The Morgan fingerprint density at radius 2 is 1.83 bits per heavy atom. The Balaban J connectivity index is 2.06. The van der Waals surface area contributed by atoms with E-state index in [-0.39, 0.29) is 5.41 Å². The van der Waals surface area contributed by atoms with E-state index in [9.17, 15) is 0 Å². The molecule has 0 bridgehead atoms. The van der Waals surface area contributed by atoms with Gasteiger partial charge in [0, 0.05) is 34.9 Å². The van der Waals surface area contributed by atoms with Crippen LogP contribution in [0.15, 0.2) is 65.7 Å². The lowest BCUT2D eigenvalue weighted by Gasteiger charge is -2.28. The zero-order chi connectivity index (χ0) is 21.0. The summed E-state index contributed by atoms with van der Waals surface area (Å²) in [7, 11) is 1.72. The minimum atomic E-state index is 0.00489. The van der Waals surface area contributed by atoms with Crippen LogP contribution in [0.1, 0.15) is 58.4 Å². The average molecular weight is 413 g/mol. The standard InChI is InChI=1S/C25H36N2OS/c1-5-6-7-11-18-27-24-16-15-22(29-28-4)20-23(24)25(2,3)17-12-19-26-21-13-9-8-10-14-21/h8-10,12-16,19-20,26-27H,5-7,11,17-18H2,1-4H3/b19-12+. The third-order valence-corrected chi connectivity index (χ3v) is 5.63. The van der Waals surface area contributed by atoms with E-state index < -0.39 is 0 Å². The van der Waals surface area contributed by atoms with Gasteiger partial charge in [0.2, 0.25) is 0 Å². The molecule has 0 aliphatic carbocycles. The molecule has 0 amide bonds. The maximum atomic E-state index is 5.28. The third kappa shape index (κ3) is 8.15. The molecule has 2 aromatic carbocycles. The van der Waals surface area contributed by atoms with Crippen LogP contribution in [0.25, 0.3) is 0 Å². The summed E-state index contributed by atoms with van der Waals surface area (Å²) in [6, 6.07) is 16.8. The molecule has 2 aromatic rings. The Morgan fingerprint density at radius 1 is 1.03 bits per heavy atom. The van der Waals surface area contributed by atoms with Crippen molar-refractivity contribution < 1.29 is 4.18 Å². The normalized spacial score (nSPS) is 11.7. The number of nitrogens with one attached hydrogen (secondary N) is 2. The number of allylic oxidation sites excluding steroid dienone is 1. The van der Waals surface area contributed by atoms with Crippen molar-refractivity contribution in [2.75, 3.05) is 24.3 Å². The fraction of sp³-hybridized carbons (Fsp3) is 0.440. The molecule has 29 heavy (non-hydrogen) atoms. The fourth-order valence-corrected chi connectivity index (χ4v) is 3.80. The lowest BCUT2D eigenvalue weighted by molar-refractivity contribution is 0.489. The highest BCUT2D eigenvalue weighted by Crippen LogP contribution is 2.36. The topological polar surface area (TPSA) is 33.3 Å². The van der Waals surface area contributed by atoms with Gasteiger partial charge in [0.25, 0.3) is 0 Å². The summed E-state index contributed by atoms with van der Waals surface area (Å²) in [5, 5.41) is 7.02. The molecule has 0 aliphatic heterocycles. The van der Waals surface area contributed by atoms with Crippen LogP contribution in [-0.4, -0.2) is 13.7 Å². The molecule has 0 unspecified atom stereocenters. The second kappa shape index (κ2) is 12.6. The molecule has 0 aliphatic rings. The molecule has 4 heteroatoms. The van der Waals surface area contributed by atoms with Crippen molar-refractivity contribution >= 4 is 23.4 Å². The summed E-state index contributed by atoms with van der Waals surface area (Å²) in [6.45, 7) is 7.88. The molecule has 0 fully saturated rings. The van der Waals surface area contributed by atoms with E-state index in [0.29, 0.717) is 0 Å². The highest BCUT2D eigenvalue weighted by atomic mass is 32.2. The molecular weight excluding hydrogens is 376 g/mol. The molecule has 0 radical (unpaired) electrons. The molecule has 3 nitrogen and oxygen atoms in total. The average Bonchev–Trinajstić information content (AvgIpc) is 2.73. The SMILES string of the molecule is CCCCCCNc1ccc(SOC)cc1C(C)(C)C/C=C/Nc1ccccc1. The van der Waals surface area contributed by atoms with Gasteiger partial charge in [0.15, 0.2) is 0 Å². The number of hydrogen-bond donors (Lipinski definition) is 2. The van der Waals surface area contributed by atoms with Crippen molar-refractivity contribution in [2.45, 2.75) is 63.2 Å². The number of anilines is 2. The van der Waals surface area contributed by atoms with E-state index in [0.717, 1.165) is 23.5 Å². The van der Waals surface area contributed by atoms with Crippen molar-refractivity contribution in [3.05, 3.63) is 66.4 Å². The maximum absolute atomic E-state index is 5.28. The van der Waals surface area contributed by atoms with Gasteiger partial charge >= 0.3 is 0 Å². The molecule has 0 heterocycles. The number of benzene rings is 2. The second-order valence-electron chi connectivity index (χ2n) is 7.95. The molecular formula is C25H36N2OS. The maximum Gasteiger partial charge on any atom is 0.0508 e. The van der Waals surface area contributed by atoms with Crippen LogP contribution in [0, 0.1) is 0 Å². The van der Waals surface area contributed by atoms with E-state index in [2.05, 4.69) is 67.8 Å². The lowest BCUT2D eigenvalue weighted by Crippen LogP contribution is -2.19. The van der Waals surface area contributed by atoms with Crippen LogP contribution in [0.3, 0.4) is 0 Å². The molecule has 0 atom stereocenters. The molecule has 0 saturated heterocycles. The lowest BCUT2D eigenvalue weighted by atomic mass is 9.80. The van der Waals surface area contributed by atoms with E-state index >= 15 is 0 Å². The third-order valence-electron chi connectivity index (χ3n) is 5.02. The number of unbranched alkanes of at least 4 members (excludes halogenated alkanes) is 3. The summed E-state index contributed by atoms with van der Waals surface area (Å²) in [5.74, 6) is 0. The van der Waals surface area contributed by atoms with E-state index in [1.807, 2.05) is 24.4 Å². The minimum absolute atomic E-state index is 0.00489. The number of rotatable bonds is 13. The summed E-state index contributed by atoms with van der Waals surface area (Å²) < 4.78 is 5.28. The Labute approximate surface area is 181 Å². The zero-order valence-electron chi connectivity index (χ0n) is 18.3. The predicted molar refractivity (Wildman–Crippen MR) is 129 cm³/mol. The van der Waals surface area contributed by atoms with Gasteiger partial charge in [0.05, 0.1) is 7.11 Å². The summed E-state index contributed by atoms with van der Waals surface area (Å²) >= 11 is 1.42. The molecule has 0 spiro atoms. The fourth-order valence-electron chi connectivity index (χ4n) is 3.31. The first-order valence-corrected chi connectivity index (χ1v) is 11.4. The van der Waals surface area contributed by atoms with Gasteiger partial charge in [-0.2, -0.15) is 0 Å². The molecule has 2 N–H and O–H groups in total. The first-order valence-electron chi connectivity index (χ1n) is 10.6. The van der Waals surface area contributed by atoms with Gasteiger partial charge in [-0.3, -0.25) is 0 Å². The van der Waals surface area contributed by atoms with Crippen LogP contribution < -0.4 is 10.6 Å². The Hall–Kier alpha value is -1.91. The van der Waals surface area contributed by atoms with E-state index in [1.165, 1.54) is 49.0 Å². The Kier molecular flexibility index (Phi) is 10.2. The van der Waals surface area contributed by atoms with Crippen molar-refractivity contribution in [3.8, 4) is 0 Å². The van der Waals surface area contributed by atoms with E-state index in [1.54, 1.807) is 7.11 Å². The van der Waals surface area contributed by atoms with Gasteiger partial charge in [0.1, 0.15) is 0 Å². The van der Waals surface area contributed by atoms with Crippen molar-refractivity contribution in [2.24, 2.45) is 0 Å². The summed E-state index contributed by atoms with van der Waals surface area (Å²) in [4.78, 5) is 1.14. The smallest absolute Gasteiger partial charge is 0.0508 e. The molecule has 0 saturated carbocycles. The van der Waals surface area contributed by atoms with Crippen molar-refractivity contribution in [1.29, 1.82) is 0 Å². The van der Waals surface area contributed by atoms with Gasteiger partial charge in [-0.1, -0.05) is 64.3 Å². The van der Waals surface area contributed by atoms with Crippen LogP contribution in [0.2, 0.25) is 0 Å². The van der Waals surface area contributed by atoms with Crippen molar-refractivity contribution in [3.63, 3.8) is 0 Å². The highest BCUT2D eigenvalue weighted by molar-refractivity contribution is 7.94. The van der Waals surface area contributed by atoms with Gasteiger partial charge in [-0.05, 0) is 60.4 Å². The van der Waals surface area contributed by atoms with Crippen LogP contribution in [-0.2, 0) is 9.60 Å². The van der Waals surface area contributed by atoms with Crippen LogP contribution in [0.5, 0.6) is 0 Å². The largest absolute Gasteiger partial charge is 0.385 e. The van der Waals surface area contributed by atoms with E-state index in [4.69, 9.17) is 4.18 Å². The molecule has 0 aromatic heterocycles. The zero-order valence-corrected chi connectivity index (χ0v) is 19.1. The van der Waals surface area contributed by atoms with Crippen molar-refractivity contribution in [1.82, 2.24) is 0 Å². The first kappa shape index (κ1) is 23.4. The molecule has 158 valence electrons.